The van der Waals surface area contributed by atoms with Gasteiger partial charge in [0.15, 0.2) is 0 Å². The highest BCUT2D eigenvalue weighted by Crippen LogP contribution is 2.40. The standard InChI is InChI=1S/C24H22O2/c1-4-11-20(12-5-1)24(21-13-6-2-7-14-21,22-15-8-3-9-16-22)26-19-23-17-10-18-25-23/h1-16,18,23H,17,19H2/t23-/m0/s1. The molecule has 26 heavy (non-hydrogen) atoms. The summed E-state index contributed by atoms with van der Waals surface area (Å²) < 4.78 is 12.4. The summed E-state index contributed by atoms with van der Waals surface area (Å²) >= 11 is 0. The maximum Gasteiger partial charge on any atom is 0.143 e. The Morgan fingerprint density at radius 3 is 1.58 bits per heavy atom. The average molecular weight is 342 g/mol. The molecule has 3 aromatic rings. The van der Waals surface area contributed by atoms with Crippen LogP contribution < -0.4 is 0 Å². The van der Waals surface area contributed by atoms with Gasteiger partial charge in [0.05, 0.1) is 12.9 Å². The summed E-state index contributed by atoms with van der Waals surface area (Å²) in [6, 6.07) is 31.3. The fourth-order valence-electron chi connectivity index (χ4n) is 3.52. The van der Waals surface area contributed by atoms with E-state index in [1.165, 1.54) is 0 Å². The second-order valence-electron chi connectivity index (χ2n) is 6.46. The highest BCUT2D eigenvalue weighted by atomic mass is 16.5. The van der Waals surface area contributed by atoms with Gasteiger partial charge in [-0.15, -0.1) is 0 Å². The average Bonchev–Trinajstić information content (AvgIpc) is 3.25. The lowest BCUT2D eigenvalue weighted by molar-refractivity contribution is -0.0355. The van der Waals surface area contributed by atoms with E-state index in [9.17, 15) is 0 Å². The minimum absolute atomic E-state index is 0.0607. The Morgan fingerprint density at radius 2 is 1.19 bits per heavy atom. The Hall–Kier alpha value is -2.84. The van der Waals surface area contributed by atoms with E-state index in [1.807, 2.05) is 24.3 Å². The van der Waals surface area contributed by atoms with Crippen molar-refractivity contribution >= 4 is 0 Å². The lowest BCUT2D eigenvalue weighted by atomic mass is 9.80. The smallest absolute Gasteiger partial charge is 0.143 e. The third kappa shape index (κ3) is 3.16. The van der Waals surface area contributed by atoms with Crippen LogP contribution in [0.25, 0.3) is 0 Å². The molecule has 0 fully saturated rings. The van der Waals surface area contributed by atoms with Crippen LogP contribution in [0.3, 0.4) is 0 Å². The SMILES string of the molecule is C1=CO[C@H](COC(c2ccccc2)(c2ccccc2)c2ccccc2)C1. The Labute approximate surface area is 154 Å². The number of rotatable bonds is 6. The van der Waals surface area contributed by atoms with Gasteiger partial charge in [0.2, 0.25) is 0 Å². The molecule has 0 saturated carbocycles. The summed E-state index contributed by atoms with van der Waals surface area (Å²) in [5.41, 5.74) is 2.67. The van der Waals surface area contributed by atoms with Crippen LogP contribution in [0.5, 0.6) is 0 Å². The highest BCUT2D eigenvalue weighted by Gasteiger charge is 2.38. The van der Waals surface area contributed by atoms with Gasteiger partial charge in [-0.3, -0.25) is 0 Å². The van der Waals surface area contributed by atoms with Gasteiger partial charge in [-0.2, -0.15) is 0 Å². The summed E-state index contributed by atoms with van der Waals surface area (Å²) in [6.45, 7) is 0.520. The molecule has 3 aromatic carbocycles. The number of benzene rings is 3. The molecule has 0 amide bonds. The van der Waals surface area contributed by atoms with Crippen molar-refractivity contribution in [2.75, 3.05) is 6.61 Å². The third-order valence-corrected chi connectivity index (χ3v) is 4.79. The molecular formula is C24H22O2. The fraction of sp³-hybridized carbons (Fsp3) is 0.167. The predicted octanol–water partition coefficient (Wildman–Crippen LogP) is 5.30. The first-order valence-corrected chi connectivity index (χ1v) is 9.00. The zero-order valence-electron chi connectivity index (χ0n) is 14.6. The van der Waals surface area contributed by atoms with E-state index in [0.717, 1.165) is 23.1 Å². The summed E-state index contributed by atoms with van der Waals surface area (Å²) in [6.07, 6.45) is 4.76. The van der Waals surface area contributed by atoms with Crippen LogP contribution in [0, 0.1) is 0 Å². The maximum absolute atomic E-state index is 6.71. The Balaban J connectivity index is 1.85. The highest BCUT2D eigenvalue weighted by molar-refractivity contribution is 5.47. The molecule has 4 rings (SSSR count). The van der Waals surface area contributed by atoms with Crippen molar-refractivity contribution in [3.8, 4) is 0 Å². The molecule has 2 nitrogen and oxygen atoms in total. The van der Waals surface area contributed by atoms with Gasteiger partial charge in [-0.05, 0) is 22.8 Å². The van der Waals surface area contributed by atoms with E-state index in [1.54, 1.807) is 6.26 Å². The van der Waals surface area contributed by atoms with Crippen molar-refractivity contribution in [2.24, 2.45) is 0 Å². The molecule has 1 aliphatic rings. The predicted molar refractivity (Wildman–Crippen MR) is 104 cm³/mol. The third-order valence-electron chi connectivity index (χ3n) is 4.79. The molecule has 0 N–H and O–H groups in total. The van der Waals surface area contributed by atoms with Crippen LogP contribution in [0.15, 0.2) is 103 Å². The van der Waals surface area contributed by atoms with E-state index in [-0.39, 0.29) is 6.10 Å². The van der Waals surface area contributed by atoms with Crippen LogP contribution in [-0.2, 0) is 15.1 Å². The van der Waals surface area contributed by atoms with Crippen LogP contribution in [0.4, 0.5) is 0 Å². The topological polar surface area (TPSA) is 18.5 Å². The Morgan fingerprint density at radius 1 is 0.731 bits per heavy atom. The van der Waals surface area contributed by atoms with Gasteiger partial charge in [0, 0.05) is 6.42 Å². The summed E-state index contributed by atoms with van der Waals surface area (Å²) in [5.74, 6) is 0. The van der Waals surface area contributed by atoms with Crippen molar-refractivity contribution in [3.05, 3.63) is 120 Å². The molecular weight excluding hydrogens is 320 g/mol. The molecule has 0 spiro atoms. The Kier molecular flexibility index (Phi) is 4.85. The van der Waals surface area contributed by atoms with Gasteiger partial charge in [-0.25, -0.2) is 0 Å². The zero-order valence-corrected chi connectivity index (χ0v) is 14.6. The second-order valence-corrected chi connectivity index (χ2v) is 6.46. The van der Waals surface area contributed by atoms with Crippen molar-refractivity contribution in [1.29, 1.82) is 0 Å². The van der Waals surface area contributed by atoms with Gasteiger partial charge < -0.3 is 9.47 Å². The van der Waals surface area contributed by atoms with Crippen molar-refractivity contribution in [3.63, 3.8) is 0 Å². The second kappa shape index (κ2) is 7.59. The van der Waals surface area contributed by atoms with Crippen molar-refractivity contribution < 1.29 is 9.47 Å². The first-order chi connectivity index (χ1) is 12.9. The molecule has 130 valence electrons. The lowest BCUT2D eigenvalue weighted by Crippen LogP contribution is -2.35. The molecule has 0 aliphatic carbocycles. The molecule has 0 bridgehead atoms. The van der Waals surface area contributed by atoms with E-state index < -0.39 is 5.60 Å². The summed E-state index contributed by atoms with van der Waals surface area (Å²) in [5, 5.41) is 0. The van der Waals surface area contributed by atoms with Gasteiger partial charge in [0.1, 0.15) is 11.7 Å². The fourth-order valence-corrected chi connectivity index (χ4v) is 3.52. The molecule has 0 unspecified atom stereocenters. The lowest BCUT2D eigenvalue weighted by Gasteiger charge is -2.36. The summed E-state index contributed by atoms with van der Waals surface area (Å²) in [4.78, 5) is 0. The van der Waals surface area contributed by atoms with Crippen LogP contribution in [0.2, 0.25) is 0 Å². The van der Waals surface area contributed by atoms with Gasteiger partial charge in [-0.1, -0.05) is 91.0 Å². The van der Waals surface area contributed by atoms with Crippen LogP contribution in [-0.4, -0.2) is 12.7 Å². The Bertz CT molecular complexity index is 736. The largest absolute Gasteiger partial charge is 0.496 e. The maximum atomic E-state index is 6.71. The molecule has 2 heteroatoms. The van der Waals surface area contributed by atoms with Gasteiger partial charge in [0.25, 0.3) is 0 Å². The minimum atomic E-state index is -0.671. The molecule has 1 aliphatic heterocycles. The van der Waals surface area contributed by atoms with E-state index >= 15 is 0 Å². The van der Waals surface area contributed by atoms with Crippen molar-refractivity contribution in [1.82, 2.24) is 0 Å². The number of ether oxygens (including phenoxy) is 2. The van der Waals surface area contributed by atoms with Gasteiger partial charge >= 0.3 is 0 Å². The molecule has 0 aromatic heterocycles. The van der Waals surface area contributed by atoms with Crippen molar-refractivity contribution in [2.45, 2.75) is 18.1 Å². The van der Waals surface area contributed by atoms with E-state index in [0.29, 0.717) is 6.61 Å². The normalized spacial score (nSPS) is 16.4. The summed E-state index contributed by atoms with van der Waals surface area (Å²) in [7, 11) is 0. The van der Waals surface area contributed by atoms with Crippen LogP contribution >= 0.6 is 0 Å². The monoisotopic (exact) mass is 342 g/mol. The molecule has 0 radical (unpaired) electrons. The number of hydrogen-bond acceptors (Lipinski definition) is 2. The minimum Gasteiger partial charge on any atom is -0.496 e. The molecule has 0 saturated heterocycles. The molecule has 1 atom stereocenters. The zero-order chi connectivity index (χ0) is 17.7. The van der Waals surface area contributed by atoms with E-state index in [2.05, 4.69) is 72.8 Å². The first-order valence-electron chi connectivity index (χ1n) is 9.00. The van der Waals surface area contributed by atoms with E-state index in [4.69, 9.17) is 9.47 Å². The molecule has 1 heterocycles. The first kappa shape index (κ1) is 16.6. The quantitative estimate of drug-likeness (QED) is 0.566. The van der Waals surface area contributed by atoms with Crippen LogP contribution in [0.1, 0.15) is 23.1 Å². The number of hydrogen-bond donors (Lipinski definition) is 0.